The lowest BCUT2D eigenvalue weighted by Gasteiger charge is -2.14. The van der Waals surface area contributed by atoms with E-state index in [0.29, 0.717) is 0 Å². The molecule has 1 aromatic rings. The fraction of sp³-hybridized carbons (Fsp3) is 0.462. The van der Waals surface area contributed by atoms with Crippen LogP contribution < -0.4 is 0 Å². The van der Waals surface area contributed by atoms with Crippen molar-refractivity contribution >= 4 is 17.7 Å². The lowest BCUT2D eigenvalue weighted by atomic mass is 10.1. The Hall–Kier alpha value is -1.00. The number of rotatable bonds is 7. The zero-order chi connectivity index (χ0) is 12.7. The second kappa shape index (κ2) is 7.35. The Morgan fingerprint density at radius 3 is 2.53 bits per heavy atom. The van der Waals surface area contributed by atoms with Crippen LogP contribution in [0, 0.1) is 0 Å². The molecule has 0 unspecified atom stereocenters. The summed E-state index contributed by atoms with van der Waals surface area (Å²) in [6, 6.07) is 7.91. The molecule has 0 radical (unpaired) electrons. The SMILES string of the molecule is CCC[C@@H](OC)c1ccc(SCC(=O)O)cc1. The largest absolute Gasteiger partial charge is 0.481 e. The van der Waals surface area contributed by atoms with Crippen LogP contribution in [-0.2, 0) is 9.53 Å². The van der Waals surface area contributed by atoms with Crippen LogP contribution in [0.5, 0.6) is 0 Å². The lowest BCUT2D eigenvalue weighted by Crippen LogP contribution is -2.01. The maximum atomic E-state index is 10.4. The van der Waals surface area contributed by atoms with Crippen LogP contribution in [-0.4, -0.2) is 23.9 Å². The summed E-state index contributed by atoms with van der Waals surface area (Å²) < 4.78 is 5.41. The van der Waals surface area contributed by atoms with Crippen molar-refractivity contribution in [3.8, 4) is 0 Å². The molecule has 0 amide bonds. The Kier molecular flexibility index (Phi) is 6.08. The molecule has 0 aliphatic carbocycles. The number of carboxylic acids is 1. The van der Waals surface area contributed by atoms with Gasteiger partial charge in [-0.3, -0.25) is 4.79 Å². The predicted octanol–water partition coefficient (Wildman–Crippen LogP) is 3.35. The van der Waals surface area contributed by atoms with Crippen molar-refractivity contribution in [2.24, 2.45) is 0 Å². The molecule has 3 nitrogen and oxygen atoms in total. The van der Waals surface area contributed by atoms with Gasteiger partial charge in [0.25, 0.3) is 0 Å². The molecule has 1 aromatic carbocycles. The van der Waals surface area contributed by atoms with E-state index in [-0.39, 0.29) is 11.9 Å². The molecule has 1 N–H and O–H groups in total. The van der Waals surface area contributed by atoms with E-state index in [1.807, 2.05) is 24.3 Å². The third-order valence-corrected chi connectivity index (χ3v) is 3.45. The molecule has 0 aliphatic heterocycles. The molecule has 0 aromatic heterocycles. The highest BCUT2D eigenvalue weighted by atomic mass is 32.2. The summed E-state index contributed by atoms with van der Waals surface area (Å²) in [4.78, 5) is 11.4. The molecule has 0 fully saturated rings. The first-order valence-corrected chi connectivity index (χ1v) is 6.63. The Balaban J connectivity index is 2.62. The quantitative estimate of drug-likeness (QED) is 0.758. The Morgan fingerprint density at radius 2 is 2.06 bits per heavy atom. The van der Waals surface area contributed by atoms with Gasteiger partial charge in [-0.2, -0.15) is 0 Å². The first-order valence-electron chi connectivity index (χ1n) is 5.64. The highest BCUT2D eigenvalue weighted by molar-refractivity contribution is 8.00. The lowest BCUT2D eigenvalue weighted by molar-refractivity contribution is -0.133. The standard InChI is InChI=1S/C13H18O3S/c1-3-4-12(16-2)10-5-7-11(8-6-10)17-9-13(14)15/h5-8,12H,3-4,9H2,1-2H3,(H,14,15)/t12-/m1/s1. The zero-order valence-electron chi connectivity index (χ0n) is 10.2. The fourth-order valence-electron chi connectivity index (χ4n) is 1.61. The van der Waals surface area contributed by atoms with Crippen LogP contribution in [0.2, 0.25) is 0 Å². The fourth-order valence-corrected chi connectivity index (χ4v) is 2.23. The summed E-state index contributed by atoms with van der Waals surface area (Å²) >= 11 is 1.33. The van der Waals surface area contributed by atoms with Crippen LogP contribution in [0.25, 0.3) is 0 Å². The number of hydrogen-bond acceptors (Lipinski definition) is 3. The van der Waals surface area contributed by atoms with Crippen LogP contribution in [0.3, 0.4) is 0 Å². The van der Waals surface area contributed by atoms with E-state index in [1.54, 1.807) is 7.11 Å². The monoisotopic (exact) mass is 254 g/mol. The predicted molar refractivity (Wildman–Crippen MR) is 69.5 cm³/mol. The number of methoxy groups -OCH3 is 1. The van der Waals surface area contributed by atoms with Gasteiger partial charge in [-0.15, -0.1) is 11.8 Å². The first-order chi connectivity index (χ1) is 8.17. The minimum atomic E-state index is -0.792. The van der Waals surface area contributed by atoms with Crippen molar-refractivity contribution in [1.29, 1.82) is 0 Å². The van der Waals surface area contributed by atoms with Crippen LogP contribution in [0.15, 0.2) is 29.2 Å². The van der Waals surface area contributed by atoms with E-state index in [9.17, 15) is 4.79 Å². The van der Waals surface area contributed by atoms with Crippen molar-refractivity contribution in [1.82, 2.24) is 0 Å². The molecule has 0 saturated carbocycles. The van der Waals surface area contributed by atoms with Crippen LogP contribution in [0.4, 0.5) is 0 Å². The Bertz CT molecular complexity index is 348. The molecule has 1 rings (SSSR count). The van der Waals surface area contributed by atoms with E-state index < -0.39 is 5.97 Å². The highest BCUT2D eigenvalue weighted by Gasteiger charge is 2.09. The van der Waals surface area contributed by atoms with Gasteiger partial charge in [0.2, 0.25) is 0 Å². The van der Waals surface area contributed by atoms with Gasteiger partial charge in [-0.05, 0) is 24.1 Å². The van der Waals surface area contributed by atoms with Crippen molar-refractivity contribution in [3.63, 3.8) is 0 Å². The van der Waals surface area contributed by atoms with Gasteiger partial charge in [0.15, 0.2) is 0 Å². The van der Waals surface area contributed by atoms with Gasteiger partial charge in [-0.25, -0.2) is 0 Å². The maximum absolute atomic E-state index is 10.4. The van der Waals surface area contributed by atoms with Crippen LogP contribution >= 0.6 is 11.8 Å². The molecule has 0 heterocycles. The summed E-state index contributed by atoms with van der Waals surface area (Å²) in [5.74, 6) is -0.693. The molecular weight excluding hydrogens is 236 g/mol. The number of hydrogen-bond donors (Lipinski definition) is 1. The summed E-state index contributed by atoms with van der Waals surface area (Å²) in [7, 11) is 1.72. The van der Waals surface area contributed by atoms with Crippen molar-refractivity contribution < 1.29 is 14.6 Å². The van der Waals surface area contributed by atoms with Gasteiger partial charge in [0, 0.05) is 12.0 Å². The van der Waals surface area contributed by atoms with Gasteiger partial charge >= 0.3 is 5.97 Å². The Labute approximate surface area is 106 Å². The van der Waals surface area contributed by atoms with E-state index in [4.69, 9.17) is 9.84 Å². The molecule has 0 spiro atoms. The number of benzene rings is 1. The normalized spacial score (nSPS) is 12.4. The summed E-state index contributed by atoms with van der Waals surface area (Å²) in [5, 5.41) is 8.58. The third kappa shape index (κ3) is 4.79. The average Bonchev–Trinajstić information content (AvgIpc) is 2.34. The molecule has 4 heteroatoms. The molecule has 94 valence electrons. The molecule has 0 aliphatic rings. The summed E-state index contributed by atoms with van der Waals surface area (Å²) in [5.41, 5.74) is 1.15. The second-order valence-electron chi connectivity index (χ2n) is 3.76. The van der Waals surface area contributed by atoms with Crippen molar-refractivity contribution in [2.75, 3.05) is 12.9 Å². The molecule has 1 atom stereocenters. The van der Waals surface area contributed by atoms with E-state index in [1.165, 1.54) is 11.8 Å². The van der Waals surface area contributed by atoms with Crippen molar-refractivity contribution in [3.05, 3.63) is 29.8 Å². The minimum absolute atomic E-state index is 0.0992. The molecule has 0 saturated heterocycles. The number of thioether (sulfide) groups is 1. The number of aliphatic carboxylic acids is 1. The summed E-state index contributed by atoms with van der Waals surface area (Å²) in [6.45, 7) is 2.13. The molecular formula is C13H18O3S. The third-order valence-electron chi connectivity index (χ3n) is 2.45. The zero-order valence-corrected chi connectivity index (χ0v) is 11.0. The highest BCUT2D eigenvalue weighted by Crippen LogP contribution is 2.25. The average molecular weight is 254 g/mol. The number of carboxylic acid groups (broad SMARTS) is 1. The minimum Gasteiger partial charge on any atom is -0.481 e. The first kappa shape index (κ1) is 14.1. The van der Waals surface area contributed by atoms with E-state index in [2.05, 4.69) is 6.92 Å². The van der Waals surface area contributed by atoms with E-state index in [0.717, 1.165) is 23.3 Å². The smallest absolute Gasteiger partial charge is 0.313 e. The second-order valence-corrected chi connectivity index (χ2v) is 4.81. The van der Waals surface area contributed by atoms with Gasteiger partial charge < -0.3 is 9.84 Å². The van der Waals surface area contributed by atoms with Crippen LogP contribution in [0.1, 0.15) is 31.4 Å². The van der Waals surface area contributed by atoms with Crippen molar-refractivity contribution in [2.45, 2.75) is 30.8 Å². The Morgan fingerprint density at radius 1 is 1.41 bits per heavy atom. The van der Waals surface area contributed by atoms with Gasteiger partial charge in [0.05, 0.1) is 11.9 Å². The van der Waals surface area contributed by atoms with E-state index >= 15 is 0 Å². The molecule has 0 bridgehead atoms. The summed E-state index contributed by atoms with van der Waals surface area (Å²) in [6.07, 6.45) is 2.21. The topological polar surface area (TPSA) is 46.5 Å². The number of carbonyl (C=O) groups is 1. The van der Waals surface area contributed by atoms with Gasteiger partial charge in [-0.1, -0.05) is 25.5 Å². The van der Waals surface area contributed by atoms with Gasteiger partial charge in [0.1, 0.15) is 0 Å². The maximum Gasteiger partial charge on any atom is 0.313 e. The number of ether oxygens (including phenoxy) is 1. The molecule has 17 heavy (non-hydrogen) atoms.